The first kappa shape index (κ1) is 15.6. The number of likely N-dealkylation sites (tertiary alicyclic amines) is 1. The molecule has 2 aliphatic heterocycles. The molecule has 2 saturated heterocycles. The number of piperidine rings is 1. The first-order valence-electron chi connectivity index (χ1n) is 8.64. The minimum Gasteiger partial charge on any atom is -0.352 e. The zero-order valence-corrected chi connectivity index (χ0v) is 14.8. The Hall–Kier alpha value is -1.90. The quantitative estimate of drug-likeness (QED) is 0.860. The van der Waals surface area contributed by atoms with Crippen molar-refractivity contribution >= 4 is 17.2 Å². The lowest BCUT2D eigenvalue weighted by molar-refractivity contribution is 0.168. The zero-order chi connectivity index (χ0) is 16.5. The monoisotopic (exact) mass is 338 g/mol. The molecule has 2 atom stereocenters. The van der Waals surface area contributed by atoms with E-state index in [0.29, 0.717) is 11.7 Å². The van der Waals surface area contributed by atoms with Gasteiger partial charge in [-0.05, 0) is 56.5 Å². The molecule has 2 unspecified atom stereocenters. The molecule has 4 heterocycles. The highest BCUT2D eigenvalue weighted by molar-refractivity contribution is 7.11. The molecule has 0 amide bonds. The Morgan fingerprint density at radius 1 is 1.25 bits per heavy atom. The first-order chi connectivity index (χ1) is 11.7. The molecule has 0 bridgehead atoms. The van der Waals surface area contributed by atoms with E-state index >= 15 is 0 Å². The Morgan fingerprint density at radius 3 is 2.92 bits per heavy atom. The molecule has 2 aromatic heterocycles. The van der Waals surface area contributed by atoms with E-state index in [2.05, 4.69) is 39.9 Å². The van der Waals surface area contributed by atoms with Crippen molar-refractivity contribution in [1.82, 2.24) is 9.88 Å². The number of aryl methyl sites for hydroxylation is 1. The standard InChI is InChI=1S/C19H22N4S/c1-14-5-6-17(24-14)12-22-9-7-15-8-10-23(18(15)13-22)19-4-2-3-16(11-20)21-19/h2-6,15,18H,7-10,12-13H2,1H3. The van der Waals surface area contributed by atoms with E-state index in [9.17, 15) is 0 Å². The molecule has 124 valence electrons. The number of aromatic nitrogens is 1. The molecule has 0 saturated carbocycles. The van der Waals surface area contributed by atoms with Gasteiger partial charge in [-0.1, -0.05) is 6.07 Å². The third kappa shape index (κ3) is 3.04. The van der Waals surface area contributed by atoms with Gasteiger partial charge in [-0.2, -0.15) is 5.26 Å². The van der Waals surface area contributed by atoms with Crippen molar-refractivity contribution in [3.8, 4) is 6.07 Å². The lowest BCUT2D eigenvalue weighted by Crippen LogP contribution is -2.48. The highest BCUT2D eigenvalue weighted by atomic mass is 32.1. The van der Waals surface area contributed by atoms with Crippen LogP contribution in [0.2, 0.25) is 0 Å². The Kier molecular flexibility index (Phi) is 4.26. The van der Waals surface area contributed by atoms with Gasteiger partial charge in [0.1, 0.15) is 17.6 Å². The van der Waals surface area contributed by atoms with Gasteiger partial charge in [-0.15, -0.1) is 11.3 Å². The lowest BCUT2D eigenvalue weighted by Gasteiger charge is -2.38. The molecular weight excluding hydrogens is 316 g/mol. The van der Waals surface area contributed by atoms with Crippen molar-refractivity contribution in [2.75, 3.05) is 24.5 Å². The number of anilines is 1. The van der Waals surface area contributed by atoms with Gasteiger partial charge in [0.25, 0.3) is 0 Å². The number of nitrogens with zero attached hydrogens (tertiary/aromatic N) is 4. The lowest BCUT2D eigenvalue weighted by atomic mass is 9.92. The molecule has 5 heteroatoms. The van der Waals surface area contributed by atoms with E-state index in [0.717, 1.165) is 31.4 Å². The minimum atomic E-state index is 0.512. The fourth-order valence-electron chi connectivity index (χ4n) is 4.07. The molecule has 0 aromatic carbocycles. The highest BCUT2D eigenvalue weighted by Gasteiger charge is 2.38. The molecular formula is C19H22N4S. The smallest absolute Gasteiger partial charge is 0.142 e. The van der Waals surface area contributed by atoms with Crippen molar-refractivity contribution in [2.45, 2.75) is 32.4 Å². The van der Waals surface area contributed by atoms with Gasteiger partial charge in [0.15, 0.2) is 0 Å². The van der Waals surface area contributed by atoms with Crippen LogP contribution in [-0.2, 0) is 6.54 Å². The summed E-state index contributed by atoms with van der Waals surface area (Å²) >= 11 is 1.91. The molecule has 2 aromatic rings. The second-order valence-corrected chi connectivity index (χ2v) is 8.21. The summed E-state index contributed by atoms with van der Waals surface area (Å²) in [6, 6.07) is 12.9. The first-order valence-corrected chi connectivity index (χ1v) is 9.46. The Morgan fingerprint density at radius 2 is 2.12 bits per heavy atom. The summed E-state index contributed by atoms with van der Waals surface area (Å²) in [5.74, 6) is 1.73. The maximum atomic E-state index is 9.11. The number of rotatable bonds is 3. The molecule has 2 aliphatic rings. The van der Waals surface area contributed by atoms with Crippen molar-refractivity contribution in [3.05, 3.63) is 45.8 Å². The number of hydrogen-bond donors (Lipinski definition) is 0. The third-order valence-electron chi connectivity index (χ3n) is 5.27. The van der Waals surface area contributed by atoms with Crippen molar-refractivity contribution in [1.29, 1.82) is 5.26 Å². The third-order valence-corrected chi connectivity index (χ3v) is 6.25. The van der Waals surface area contributed by atoms with Crippen LogP contribution in [0.25, 0.3) is 0 Å². The van der Waals surface area contributed by atoms with Crippen molar-refractivity contribution in [3.63, 3.8) is 0 Å². The van der Waals surface area contributed by atoms with E-state index in [1.165, 1.54) is 29.1 Å². The van der Waals surface area contributed by atoms with Crippen LogP contribution in [0.15, 0.2) is 30.3 Å². The van der Waals surface area contributed by atoms with Crippen LogP contribution in [0.4, 0.5) is 5.82 Å². The molecule has 2 fully saturated rings. The van der Waals surface area contributed by atoms with E-state index in [4.69, 9.17) is 5.26 Å². The van der Waals surface area contributed by atoms with Gasteiger partial charge in [0.05, 0.1) is 0 Å². The Labute approximate surface area is 147 Å². The summed E-state index contributed by atoms with van der Waals surface area (Å²) < 4.78 is 0. The number of nitriles is 1. The number of fused-ring (bicyclic) bond motifs is 1. The van der Waals surface area contributed by atoms with E-state index in [1.54, 1.807) is 6.07 Å². The molecule has 0 radical (unpaired) electrons. The fourth-order valence-corrected chi connectivity index (χ4v) is 5.00. The van der Waals surface area contributed by atoms with Crippen LogP contribution in [0.1, 0.15) is 28.3 Å². The molecule has 0 aliphatic carbocycles. The van der Waals surface area contributed by atoms with Gasteiger partial charge in [-0.3, -0.25) is 4.90 Å². The van der Waals surface area contributed by atoms with Gasteiger partial charge in [0, 0.05) is 35.4 Å². The SMILES string of the molecule is Cc1ccc(CN2CCC3CCN(c4cccc(C#N)n4)C3C2)s1. The summed E-state index contributed by atoms with van der Waals surface area (Å²) in [6.07, 6.45) is 2.51. The van der Waals surface area contributed by atoms with Gasteiger partial charge in [-0.25, -0.2) is 4.98 Å². The van der Waals surface area contributed by atoms with Crippen LogP contribution < -0.4 is 4.90 Å². The van der Waals surface area contributed by atoms with Gasteiger partial charge < -0.3 is 4.90 Å². The zero-order valence-electron chi connectivity index (χ0n) is 14.0. The Bertz CT molecular complexity index is 763. The largest absolute Gasteiger partial charge is 0.352 e. The molecule has 0 N–H and O–H groups in total. The second-order valence-electron chi connectivity index (χ2n) is 6.84. The topological polar surface area (TPSA) is 43.2 Å². The average Bonchev–Trinajstić information content (AvgIpc) is 3.21. The van der Waals surface area contributed by atoms with Crippen molar-refractivity contribution < 1.29 is 0 Å². The van der Waals surface area contributed by atoms with Crippen LogP contribution in [0.5, 0.6) is 0 Å². The summed E-state index contributed by atoms with van der Waals surface area (Å²) in [7, 11) is 0. The van der Waals surface area contributed by atoms with Crippen LogP contribution >= 0.6 is 11.3 Å². The summed E-state index contributed by atoms with van der Waals surface area (Å²) in [4.78, 5) is 12.4. The number of hydrogen-bond acceptors (Lipinski definition) is 5. The predicted molar refractivity (Wildman–Crippen MR) is 97.1 cm³/mol. The molecule has 4 nitrogen and oxygen atoms in total. The van der Waals surface area contributed by atoms with Crippen LogP contribution in [-0.4, -0.2) is 35.6 Å². The van der Waals surface area contributed by atoms with E-state index in [-0.39, 0.29) is 0 Å². The minimum absolute atomic E-state index is 0.512. The van der Waals surface area contributed by atoms with Crippen molar-refractivity contribution in [2.24, 2.45) is 5.92 Å². The summed E-state index contributed by atoms with van der Waals surface area (Å²) in [5, 5.41) is 9.11. The van der Waals surface area contributed by atoms with E-state index in [1.807, 2.05) is 23.5 Å². The number of thiophene rings is 1. The normalized spacial score (nSPS) is 23.9. The summed E-state index contributed by atoms with van der Waals surface area (Å²) in [5.41, 5.74) is 0.512. The van der Waals surface area contributed by atoms with Crippen LogP contribution in [0.3, 0.4) is 0 Å². The second kappa shape index (κ2) is 6.54. The number of pyridine rings is 1. The Balaban J connectivity index is 1.49. The predicted octanol–water partition coefficient (Wildman–Crippen LogP) is 3.42. The molecule has 24 heavy (non-hydrogen) atoms. The highest BCUT2D eigenvalue weighted by Crippen LogP contribution is 2.35. The maximum Gasteiger partial charge on any atom is 0.142 e. The molecule has 4 rings (SSSR count). The molecule has 0 spiro atoms. The van der Waals surface area contributed by atoms with Gasteiger partial charge >= 0.3 is 0 Å². The maximum absolute atomic E-state index is 9.11. The van der Waals surface area contributed by atoms with Gasteiger partial charge in [0.2, 0.25) is 0 Å². The average molecular weight is 338 g/mol. The fraction of sp³-hybridized carbons (Fsp3) is 0.474. The van der Waals surface area contributed by atoms with E-state index < -0.39 is 0 Å². The van der Waals surface area contributed by atoms with Crippen LogP contribution in [0, 0.1) is 24.2 Å². The summed E-state index contributed by atoms with van der Waals surface area (Å²) in [6.45, 7) is 6.58.